The number of hydrazone groups is 1. The zero-order chi connectivity index (χ0) is 23.7. The number of rotatable bonds is 3. The highest BCUT2D eigenvalue weighted by atomic mass is 32.2. The van der Waals surface area contributed by atoms with Gasteiger partial charge in [-0.1, -0.05) is 24.3 Å². The summed E-state index contributed by atoms with van der Waals surface area (Å²) in [5.41, 5.74) is 0.574. The number of thioether (sulfide) groups is 1. The van der Waals surface area contributed by atoms with Crippen molar-refractivity contribution in [3.05, 3.63) is 71.0 Å². The molecule has 0 aliphatic carbocycles. The molecule has 0 atom stereocenters. The lowest BCUT2D eigenvalue weighted by atomic mass is 10.1. The number of aliphatic imine (C=N–C) groups is 1. The van der Waals surface area contributed by atoms with Gasteiger partial charge in [0.1, 0.15) is 11.6 Å². The summed E-state index contributed by atoms with van der Waals surface area (Å²) < 4.78 is 19.0. The Morgan fingerprint density at radius 2 is 1.79 bits per heavy atom. The first kappa shape index (κ1) is 22.0. The van der Waals surface area contributed by atoms with E-state index in [1.54, 1.807) is 24.3 Å². The fraction of sp³-hybridized carbons (Fsp3) is 0.208. The molecule has 3 heterocycles. The van der Waals surface area contributed by atoms with E-state index >= 15 is 0 Å². The summed E-state index contributed by atoms with van der Waals surface area (Å²) in [6.45, 7) is 1.82. The number of amidine groups is 3. The molecule has 1 amide bonds. The Balaban J connectivity index is 1.31. The number of hydrogen-bond acceptors (Lipinski definition) is 7. The second-order valence-corrected chi connectivity index (χ2v) is 8.82. The van der Waals surface area contributed by atoms with Crippen molar-refractivity contribution in [2.24, 2.45) is 10.1 Å². The summed E-state index contributed by atoms with van der Waals surface area (Å²) in [5, 5.41) is 15.6. The van der Waals surface area contributed by atoms with E-state index in [1.165, 1.54) is 53.5 Å². The minimum Gasteiger partial charge on any atom is -0.423 e. The molecular weight excluding hydrogens is 457 g/mol. The molecule has 3 aliphatic heterocycles. The highest BCUT2D eigenvalue weighted by Crippen LogP contribution is 2.30. The van der Waals surface area contributed by atoms with E-state index in [2.05, 4.69) is 15.0 Å². The molecule has 34 heavy (non-hydrogen) atoms. The number of piperidine rings is 1. The van der Waals surface area contributed by atoms with Crippen molar-refractivity contribution in [3.63, 3.8) is 0 Å². The number of ether oxygens (including phenoxy) is 1. The third-order valence-corrected chi connectivity index (χ3v) is 6.54. The zero-order valence-electron chi connectivity index (χ0n) is 18.0. The molecule has 1 fully saturated rings. The van der Waals surface area contributed by atoms with Crippen molar-refractivity contribution in [1.29, 1.82) is 5.41 Å². The van der Waals surface area contributed by atoms with Crippen LogP contribution in [0.15, 0.2) is 64.2 Å². The molecule has 5 rings (SSSR count). The van der Waals surface area contributed by atoms with Crippen molar-refractivity contribution in [3.8, 4) is 5.75 Å². The largest absolute Gasteiger partial charge is 0.423 e. The van der Waals surface area contributed by atoms with Crippen LogP contribution in [0.25, 0.3) is 6.08 Å². The predicted octanol–water partition coefficient (Wildman–Crippen LogP) is 4.11. The molecule has 172 valence electrons. The quantitative estimate of drug-likeness (QED) is 0.406. The summed E-state index contributed by atoms with van der Waals surface area (Å²) in [6.07, 6.45) is 4.94. The van der Waals surface area contributed by atoms with E-state index < -0.39 is 17.7 Å². The number of esters is 1. The Bertz CT molecular complexity index is 1270. The average molecular weight is 478 g/mol. The van der Waals surface area contributed by atoms with Gasteiger partial charge in [-0.15, -0.1) is 5.10 Å². The molecule has 0 bridgehead atoms. The van der Waals surface area contributed by atoms with Gasteiger partial charge >= 0.3 is 5.97 Å². The molecule has 2 aromatic carbocycles. The fourth-order valence-electron chi connectivity index (χ4n) is 3.78. The number of nitrogens with one attached hydrogen (secondary N) is 1. The Kier molecular flexibility index (Phi) is 5.97. The third-order valence-electron chi connectivity index (χ3n) is 5.57. The van der Waals surface area contributed by atoms with E-state index in [0.29, 0.717) is 10.7 Å². The number of carbonyl (C=O) groups excluding carboxylic acids is 2. The monoisotopic (exact) mass is 477 g/mol. The van der Waals surface area contributed by atoms with Crippen molar-refractivity contribution in [2.75, 3.05) is 13.1 Å². The van der Waals surface area contributed by atoms with Gasteiger partial charge in [-0.05, 0) is 66.9 Å². The number of halogens is 1. The Morgan fingerprint density at radius 1 is 1.06 bits per heavy atom. The minimum absolute atomic E-state index is 0.0374. The molecule has 10 heteroatoms. The van der Waals surface area contributed by atoms with Gasteiger partial charge in [0.15, 0.2) is 11.0 Å². The molecule has 1 saturated heterocycles. The van der Waals surface area contributed by atoms with Crippen LogP contribution in [-0.4, -0.2) is 51.0 Å². The van der Waals surface area contributed by atoms with Crippen LogP contribution >= 0.6 is 11.8 Å². The number of carbonyl (C=O) groups is 2. The molecule has 8 nitrogen and oxygen atoms in total. The van der Waals surface area contributed by atoms with Crippen LogP contribution in [0.4, 0.5) is 4.39 Å². The van der Waals surface area contributed by atoms with Crippen molar-refractivity contribution in [1.82, 2.24) is 9.91 Å². The maximum Gasteiger partial charge on any atom is 0.346 e. The maximum absolute atomic E-state index is 13.8. The van der Waals surface area contributed by atoms with E-state index in [-0.39, 0.29) is 22.7 Å². The number of likely N-dealkylation sites (tertiary alicyclic amines) is 1. The van der Waals surface area contributed by atoms with Crippen molar-refractivity contribution in [2.45, 2.75) is 19.3 Å². The molecule has 1 N–H and O–H groups in total. The lowest BCUT2D eigenvalue weighted by molar-refractivity contribution is -0.114. The van der Waals surface area contributed by atoms with Crippen LogP contribution in [0.2, 0.25) is 0 Å². The van der Waals surface area contributed by atoms with Gasteiger partial charge < -0.3 is 9.64 Å². The molecule has 3 aliphatic rings. The number of nitrogens with zero attached hydrogens (tertiary/aromatic N) is 4. The molecule has 0 unspecified atom stereocenters. The van der Waals surface area contributed by atoms with E-state index in [1.807, 2.05) is 0 Å². The average Bonchev–Trinajstić information content (AvgIpc) is 3.28. The van der Waals surface area contributed by atoms with Crippen LogP contribution in [0.5, 0.6) is 5.75 Å². The van der Waals surface area contributed by atoms with Crippen molar-refractivity contribution >= 4 is 45.9 Å². The first-order valence-corrected chi connectivity index (χ1v) is 11.6. The lowest BCUT2D eigenvalue weighted by Gasteiger charge is -2.26. The van der Waals surface area contributed by atoms with Gasteiger partial charge in [-0.25, -0.2) is 9.18 Å². The van der Waals surface area contributed by atoms with Gasteiger partial charge in [0, 0.05) is 13.1 Å². The molecular formula is C24H20FN5O3S. The first-order valence-electron chi connectivity index (χ1n) is 10.8. The summed E-state index contributed by atoms with van der Waals surface area (Å²) in [5.74, 6) is -1.77. The highest BCUT2D eigenvalue weighted by molar-refractivity contribution is 8.26. The van der Waals surface area contributed by atoms with E-state index in [9.17, 15) is 14.0 Å². The number of hydrogen-bond donors (Lipinski definition) is 1. The molecule has 0 aromatic heterocycles. The summed E-state index contributed by atoms with van der Waals surface area (Å²) in [6, 6.07) is 11.9. The lowest BCUT2D eigenvalue weighted by Crippen LogP contribution is -2.35. The normalized spacial score (nSPS) is 19.1. The summed E-state index contributed by atoms with van der Waals surface area (Å²) in [4.78, 5) is 31.1. The highest BCUT2D eigenvalue weighted by Gasteiger charge is 2.37. The third kappa shape index (κ3) is 4.36. The smallest absolute Gasteiger partial charge is 0.346 e. The second-order valence-electron chi connectivity index (χ2n) is 7.89. The van der Waals surface area contributed by atoms with Gasteiger partial charge in [-0.2, -0.15) is 10.0 Å². The van der Waals surface area contributed by atoms with Gasteiger partial charge in [0.25, 0.3) is 5.91 Å². The van der Waals surface area contributed by atoms with Crippen molar-refractivity contribution < 1.29 is 18.7 Å². The van der Waals surface area contributed by atoms with Crippen LogP contribution in [-0.2, 0) is 4.79 Å². The maximum atomic E-state index is 13.8. The standard InChI is InChI=1S/C24H20FN5O3S/c25-19-7-3-2-6-17(19)22(32)33-16-10-8-15(9-11-16)14-18-20(26)30-23(27-21(18)31)34-24(28-30)29-12-4-1-5-13-29/h2-3,6-11,14,26H,1,4-5,12-13H2/b18-14+,26-20?. The van der Waals surface area contributed by atoms with Crippen LogP contribution < -0.4 is 4.74 Å². The first-order chi connectivity index (χ1) is 16.5. The Labute approximate surface area is 199 Å². The summed E-state index contributed by atoms with van der Waals surface area (Å²) >= 11 is 1.31. The van der Waals surface area contributed by atoms with Gasteiger partial charge in [0.05, 0.1) is 11.1 Å². The predicted molar refractivity (Wildman–Crippen MR) is 128 cm³/mol. The van der Waals surface area contributed by atoms with Crippen LogP contribution in [0, 0.1) is 11.2 Å². The Hall–Kier alpha value is -3.79. The number of amides is 1. The fourth-order valence-corrected chi connectivity index (χ4v) is 4.73. The molecule has 0 spiro atoms. The van der Waals surface area contributed by atoms with E-state index in [0.717, 1.165) is 31.1 Å². The topological polar surface area (TPSA) is 98.4 Å². The number of benzene rings is 2. The molecule has 2 aromatic rings. The van der Waals surface area contributed by atoms with E-state index in [4.69, 9.17) is 10.1 Å². The number of fused-ring (bicyclic) bond motifs is 1. The second kappa shape index (κ2) is 9.22. The zero-order valence-corrected chi connectivity index (χ0v) is 18.8. The minimum atomic E-state index is -0.802. The Morgan fingerprint density at radius 3 is 2.53 bits per heavy atom. The SMILES string of the molecule is N=C1/C(=C\c2ccc(OC(=O)c3ccccc3F)cc2)C(=O)N=C2SC(N3CCCCC3)=NN12. The van der Waals surface area contributed by atoms with Gasteiger partial charge in [-0.3, -0.25) is 10.2 Å². The van der Waals surface area contributed by atoms with Crippen LogP contribution in [0.3, 0.4) is 0 Å². The molecule has 0 radical (unpaired) electrons. The summed E-state index contributed by atoms with van der Waals surface area (Å²) in [7, 11) is 0. The molecule has 0 saturated carbocycles. The van der Waals surface area contributed by atoms with Gasteiger partial charge in [0.2, 0.25) is 5.17 Å². The van der Waals surface area contributed by atoms with Crippen LogP contribution in [0.1, 0.15) is 35.2 Å².